The molecular formula is C34H31O3. The van der Waals surface area contributed by atoms with Crippen LogP contribution in [0.3, 0.4) is 0 Å². The van der Waals surface area contributed by atoms with E-state index in [9.17, 15) is 9.59 Å². The van der Waals surface area contributed by atoms with Crippen molar-refractivity contribution in [2.24, 2.45) is 0 Å². The molecule has 0 unspecified atom stereocenters. The van der Waals surface area contributed by atoms with Gasteiger partial charge in [0, 0.05) is 12.8 Å². The molecule has 3 nitrogen and oxygen atoms in total. The predicted octanol–water partition coefficient (Wildman–Crippen LogP) is 8.03. The highest BCUT2D eigenvalue weighted by Gasteiger charge is 2.18. The molecule has 0 saturated heterocycles. The minimum absolute atomic E-state index is 0.00308. The minimum atomic E-state index is -0.386. The maximum absolute atomic E-state index is 11.7. The van der Waals surface area contributed by atoms with Gasteiger partial charge in [0.05, 0.1) is 6.42 Å². The molecule has 4 aromatic rings. The van der Waals surface area contributed by atoms with Crippen molar-refractivity contribution in [3.8, 4) is 28.0 Å². The van der Waals surface area contributed by atoms with Gasteiger partial charge in [-0.3, -0.25) is 9.59 Å². The van der Waals surface area contributed by atoms with Crippen molar-refractivity contribution in [1.29, 1.82) is 0 Å². The highest BCUT2D eigenvalue weighted by Crippen LogP contribution is 2.24. The maximum atomic E-state index is 11.7. The largest absolute Gasteiger partial charge is 0.427 e. The number of aryl methyl sites for hydroxylation is 3. The van der Waals surface area contributed by atoms with E-state index in [2.05, 4.69) is 93.6 Å². The molecule has 1 aliphatic carbocycles. The van der Waals surface area contributed by atoms with Crippen LogP contribution >= 0.6 is 0 Å². The number of esters is 1. The first-order chi connectivity index (χ1) is 17.9. The highest BCUT2D eigenvalue weighted by atomic mass is 16.5. The molecule has 0 N–H and O–H groups in total. The van der Waals surface area contributed by atoms with Crippen molar-refractivity contribution in [2.75, 3.05) is 0 Å². The average molecular weight is 488 g/mol. The zero-order valence-electron chi connectivity index (χ0n) is 21.5. The van der Waals surface area contributed by atoms with Gasteiger partial charge < -0.3 is 4.74 Å². The lowest BCUT2D eigenvalue weighted by molar-refractivity contribution is -0.135. The molecule has 0 fully saturated rings. The normalized spacial score (nSPS) is 11.6. The number of hydrogen-bond donors (Lipinski definition) is 0. The highest BCUT2D eigenvalue weighted by molar-refractivity contribution is 6.03. The SMILES string of the molecule is Cc1ccc(-c2ccc(C)cc2)cc1.Cc1ccc(-c2ccc(OC(=O)CCC(=O)C3=C[CH]3)cc2)cc1. The van der Waals surface area contributed by atoms with Gasteiger partial charge in [0.15, 0.2) is 5.78 Å². The summed E-state index contributed by atoms with van der Waals surface area (Å²) in [7, 11) is 0. The zero-order valence-corrected chi connectivity index (χ0v) is 21.5. The molecule has 3 heteroatoms. The molecule has 0 amide bonds. The van der Waals surface area contributed by atoms with Crippen molar-refractivity contribution >= 4 is 11.8 Å². The summed E-state index contributed by atoms with van der Waals surface area (Å²) in [6, 6.07) is 32.9. The lowest BCUT2D eigenvalue weighted by atomic mass is 10.0. The number of hydrogen-bond acceptors (Lipinski definition) is 3. The Labute approximate surface area is 219 Å². The summed E-state index contributed by atoms with van der Waals surface area (Å²) in [5.74, 6) is 0.106. The van der Waals surface area contributed by atoms with Crippen LogP contribution in [0.2, 0.25) is 0 Å². The van der Waals surface area contributed by atoms with Crippen molar-refractivity contribution in [1.82, 2.24) is 0 Å². The van der Waals surface area contributed by atoms with Crippen LogP contribution in [-0.4, -0.2) is 11.8 Å². The summed E-state index contributed by atoms with van der Waals surface area (Å²) < 4.78 is 5.25. The molecule has 0 aromatic heterocycles. The minimum Gasteiger partial charge on any atom is -0.427 e. The standard InChI is InChI=1S/C20H17O3.C14H14/c1-14-2-4-15(5-3-14)16-8-10-18(11-9-16)23-20(22)13-12-19(21)17-6-7-17;1-11-3-7-13(8-4-11)14-9-5-12(2)6-10-14/h2-11H,12-13H2,1H3;3-10H,1-2H3. The van der Waals surface area contributed by atoms with Gasteiger partial charge in [-0.2, -0.15) is 0 Å². The van der Waals surface area contributed by atoms with Gasteiger partial charge in [0.25, 0.3) is 0 Å². The Morgan fingerprint density at radius 2 is 0.892 bits per heavy atom. The van der Waals surface area contributed by atoms with Crippen LogP contribution in [-0.2, 0) is 9.59 Å². The number of allylic oxidation sites excluding steroid dienone is 2. The third-order valence-corrected chi connectivity index (χ3v) is 6.12. The number of Topliss-reactive ketones (excluding diaryl/α,β-unsaturated/α-hetero) is 1. The van der Waals surface area contributed by atoms with Gasteiger partial charge in [0.1, 0.15) is 5.75 Å². The van der Waals surface area contributed by atoms with Crippen molar-refractivity contribution in [3.63, 3.8) is 0 Å². The fourth-order valence-electron chi connectivity index (χ4n) is 3.72. The van der Waals surface area contributed by atoms with E-state index in [4.69, 9.17) is 4.74 Å². The van der Waals surface area contributed by atoms with E-state index in [-0.39, 0.29) is 24.6 Å². The van der Waals surface area contributed by atoms with E-state index in [0.29, 0.717) is 11.3 Å². The first-order valence-electron chi connectivity index (χ1n) is 12.5. The predicted molar refractivity (Wildman–Crippen MR) is 150 cm³/mol. The Morgan fingerprint density at radius 3 is 1.24 bits per heavy atom. The molecule has 0 heterocycles. The van der Waals surface area contributed by atoms with Gasteiger partial charge in [-0.15, -0.1) is 0 Å². The Bertz CT molecular complexity index is 1330. The van der Waals surface area contributed by atoms with Crippen molar-refractivity contribution in [3.05, 3.63) is 132 Å². The second kappa shape index (κ2) is 12.1. The molecule has 0 aliphatic heterocycles. The number of carbonyl (C=O) groups is 2. The number of benzene rings is 4. The molecule has 0 spiro atoms. The van der Waals surface area contributed by atoms with Gasteiger partial charge in [-0.25, -0.2) is 0 Å². The molecule has 0 saturated carbocycles. The topological polar surface area (TPSA) is 43.4 Å². The lowest BCUT2D eigenvalue weighted by Crippen LogP contribution is -2.10. The summed E-state index contributed by atoms with van der Waals surface area (Å²) in [5.41, 5.74) is 9.30. The first kappa shape index (κ1) is 25.8. The Balaban J connectivity index is 0.000000195. The van der Waals surface area contributed by atoms with E-state index >= 15 is 0 Å². The molecule has 1 radical (unpaired) electrons. The molecule has 1 aliphatic rings. The van der Waals surface area contributed by atoms with Crippen LogP contribution in [0.4, 0.5) is 0 Å². The Hall–Kier alpha value is -4.24. The van der Waals surface area contributed by atoms with E-state index < -0.39 is 0 Å². The summed E-state index contributed by atoms with van der Waals surface area (Å²) in [5, 5.41) is 0. The quantitative estimate of drug-likeness (QED) is 0.196. The average Bonchev–Trinajstić information content (AvgIpc) is 3.76. The summed E-state index contributed by atoms with van der Waals surface area (Å²) in [4.78, 5) is 23.2. The fourth-order valence-corrected chi connectivity index (χ4v) is 3.72. The van der Waals surface area contributed by atoms with Crippen LogP contribution < -0.4 is 4.74 Å². The maximum Gasteiger partial charge on any atom is 0.311 e. The van der Waals surface area contributed by atoms with E-state index in [1.807, 2.05) is 12.1 Å². The van der Waals surface area contributed by atoms with Gasteiger partial charge in [-0.1, -0.05) is 108 Å². The van der Waals surface area contributed by atoms with Crippen LogP contribution in [0.15, 0.2) is 109 Å². The fraction of sp³-hybridized carbons (Fsp3) is 0.147. The van der Waals surface area contributed by atoms with Gasteiger partial charge in [0.2, 0.25) is 0 Å². The number of ketones is 1. The van der Waals surface area contributed by atoms with Gasteiger partial charge >= 0.3 is 5.97 Å². The number of carbonyl (C=O) groups excluding carboxylic acids is 2. The molecule has 0 atom stereocenters. The summed E-state index contributed by atoms with van der Waals surface area (Å²) in [6.07, 6.45) is 3.79. The summed E-state index contributed by atoms with van der Waals surface area (Å²) in [6.45, 7) is 6.27. The lowest BCUT2D eigenvalue weighted by Gasteiger charge is -2.06. The molecular weight excluding hydrogens is 456 g/mol. The van der Waals surface area contributed by atoms with Crippen LogP contribution in [0, 0.1) is 27.2 Å². The molecule has 185 valence electrons. The second-order valence-electron chi connectivity index (χ2n) is 9.31. The first-order valence-corrected chi connectivity index (χ1v) is 12.5. The Kier molecular flexibility index (Phi) is 8.48. The van der Waals surface area contributed by atoms with Crippen LogP contribution in [0.5, 0.6) is 5.75 Å². The number of ether oxygens (including phenoxy) is 1. The zero-order chi connectivity index (χ0) is 26.2. The van der Waals surface area contributed by atoms with Crippen molar-refractivity contribution < 1.29 is 14.3 Å². The van der Waals surface area contributed by atoms with E-state index in [1.54, 1.807) is 24.6 Å². The number of rotatable bonds is 7. The molecule has 4 aromatic carbocycles. The molecule has 5 rings (SSSR count). The smallest absolute Gasteiger partial charge is 0.311 e. The molecule has 0 bridgehead atoms. The summed E-state index contributed by atoms with van der Waals surface area (Å²) >= 11 is 0. The van der Waals surface area contributed by atoms with Crippen molar-refractivity contribution in [2.45, 2.75) is 33.6 Å². The van der Waals surface area contributed by atoms with Crippen LogP contribution in [0.25, 0.3) is 22.3 Å². The van der Waals surface area contributed by atoms with Gasteiger partial charge in [-0.05, 0) is 60.7 Å². The third-order valence-electron chi connectivity index (χ3n) is 6.12. The Morgan fingerprint density at radius 1 is 0.541 bits per heavy atom. The van der Waals surface area contributed by atoms with E-state index in [0.717, 1.165) is 11.1 Å². The third kappa shape index (κ3) is 7.88. The molecule has 37 heavy (non-hydrogen) atoms. The monoisotopic (exact) mass is 487 g/mol. The second-order valence-corrected chi connectivity index (χ2v) is 9.31. The van der Waals surface area contributed by atoms with Crippen LogP contribution in [0.1, 0.15) is 29.5 Å². The van der Waals surface area contributed by atoms with E-state index in [1.165, 1.54) is 27.8 Å².